The molecular formula is C16H18ClNO2S. The van der Waals surface area contributed by atoms with E-state index in [4.69, 9.17) is 11.6 Å². The molecule has 0 saturated carbocycles. The molecule has 5 heteroatoms. The fourth-order valence-corrected chi connectivity index (χ4v) is 4.04. The Kier molecular flexibility index (Phi) is 4.71. The molecule has 0 bridgehead atoms. The lowest BCUT2D eigenvalue weighted by atomic mass is 10.1. The van der Waals surface area contributed by atoms with E-state index in [-0.39, 0.29) is 6.54 Å². The lowest BCUT2D eigenvalue weighted by Gasteiger charge is -2.13. The Bertz CT molecular complexity index is 729. The Morgan fingerprint density at radius 2 is 1.52 bits per heavy atom. The van der Waals surface area contributed by atoms with E-state index >= 15 is 0 Å². The third-order valence-corrected chi connectivity index (χ3v) is 5.21. The summed E-state index contributed by atoms with van der Waals surface area (Å²) in [6.45, 7) is 5.83. The zero-order chi connectivity index (χ0) is 15.6. The normalized spacial score (nSPS) is 11.6. The second kappa shape index (κ2) is 6.18. The zero-order valence-electron chi connectivity index (χ0n) is 12.3. The standard InChI is InChI=1S/C16H18ClNO2S/c1-11-8-12(2)16(13(3)9-11)21(19,20)18-10-14-4-6-15(17)7-5-14/h4-9,18H,10H2,1-3H3. The Balaban J connectivity index is 2.25. The van der Waals surface area contributed by atoms with Gasteiger partial charge in [0.05, 0.1) is 4.90 Å². The topological polar surface area (TPSA) is 46.2 Å². The molecular weight excluding hydrogens is 306 g/mol. The SMILES string of the molecule is Cc1cc(C)c(S(=O)(=O)NCc2ccc(Cl)cc2)c(C)c1. The van der Waals surface area contributed by atoms with E-state index in [9.17, 15) is 8.42 Å². The van der Waals surface area contributed by atoms with Crippen molar-refractivity contribution < 1.29 is 8.42 Å². The number of halogens is 1. The van der Waals surface area contributed by atoms with Gasteiger partial charge in [0, 0.05) is 11.6 Å². The van der Waals surface area contributed by atoms with Crippen LogP contribution >= 0.6 is 11.6 Å². The van der Waals surface area contributed by atoms with Crippen LogP contribution in [0.2, 0.25) is 5.02 Å². The number of benzene rings is 2. The van der Waals surface area contributed by atoms with Crippen LogP contribution in [-0.2, 0) is 16.6 Å². The summed E-state index contributed by atoms with van der Waals surface area (Å²) in [4.78, 5) is 0.363. The largest absolute Gasteiger partial charge is 0.241 e. The van der Waals surface area contributed by atoms with Crippen molar-refractivity contribution in [1.29, 1.82) is 0 Å². The highest BCUT2D eigenvalue weighted by Gasteiger charge is 2.19. The van der Waals surface area contributed by atoms with Crippen molar-refractivity contribution in [3.05, 3.63) is 63.7 Å². The number of aryl methyl sites for hydroxylation is 3. The van der Waals surface area contributed by atoms with Gasteiger partial charge in [0.15, 0.2) is 0 Å². The molecule has 112 valence electrons. The highest BCUT2D eigenvalue weighted by molar-refractivity contribution is 7.89. The molecule has 0 heterocycles. The summed E-state index contributed by atoms with van der Waals surface area (Å²) >= 11 is 5.82. The predicted octanol–water partition coefficient (Wildman–Crippen LogP) is 3.74. The maximum Gasteiger partial charge on any atom is 0.241 e. The van der Waals surface area contributed by atoms with E-state index in [0.717, 1.165) is 22.3 Å². The van der Waals surface area contributed by atoms with Crippen molar-refractivity contribution in [2.45, 2.75) is 32.2 Å². The van der Waals surface area contributed by atoms with E-state index in [1.165, 1.54) is 0 Å². The Hall–Kier alpha value is -1.36. The van der Waals surface area contributed by atoms with Crippen LogP contribution in [0.15, 0.2) is 41.3 Å². The molecule has 2 rings (SSSR count). The van der Waals surface area contributed by atoms with Gasteiger partial charge in [-0.05, 0) is 49.6 Å². The van der Waals surface area contributed by atoms with Crippen LogP contribution in [0.5, 0.6) is 0 Å². The van der Waals surface area contributed by atoms with Gasteiger partial charge in [-0.2, -0.15) is 0 Å². The molecule has 3 nitrogen and oxygen atoms in total. The third-order valence-electron chi connectivity index (χ3n) is 3.25. The maximum atomic E-state index is 12.5. The zero-order valence-corrected chi connectivity index (χ0v) is 13.8. The van der Waals surface area contributed by atoms with Crippen LogP contribution in [0.1, 0.15) is 22.3 Å². The summed E-state index contributed by atoms with van der Waals surface area (Å²) in [6.07, 6.45) is 0. The lowest BCUT2D eigenvalue weighted by Crippen LogP contribution is -2.24. The molecule has 0 aliphatic rings. The van der Waals surface area contributed by atoms with Crippen molar-refractivity contribution in [2.75, 3.05) is 0 Å². The van der Waals surface area contributed by atoms with Crippen molar-refractivity contribution in [3.8, 4) is 0 Å². The molecule has 0 radical (unpaired) electrons. The molecule has 0 aliphatic carbocycles. The van der Waals surface area contributed by atoms with Crippen molar-refractivity contribution >= 4 is 21.6 Å². The molecule has 0 unspecified atom stereocenters. The first kappa shape index (κ1) is 16.0. The number of rotatable bonds is 4. The van der Waals surface area contributed by atoms with E-state index in [0.29, 0.717) is 9.92 Å². The van der Waals surface area contributed by atoms with Gasteiger partial charge in [-0.25, -0.2) is 13.1 Å². The van der Waals surface area contributed by atoms with Gasteiger partial charge >= 0.3 is 0 Å². The first-order valence-electron chi connectivity index (χ1n) is 6.61. The molecule has 0 amide bonds. The average Bonchev–Trinajstić information content (AvgIpc) is 2.36. The lowest BCUT2D eigenvalue weighted by molar-refractivity contribution is 0.580. The Labute approximate surface area is 131 Å². The summed E-state index contributed by atoms with van der Waals surface area (Å²) in [6, 6.07) is 10.9. The Morgan fingerprint density at radius 1 is 1.00 bits per heavy atom. The fourth-order valence-electron chi connectivity index (χ4n) is 2.44. The van der Waals surface area contributed by atoms with Gasteiger partial charge in [-0.15, -0.1) is 0 Å². The molecule has 0 saturated heterocycles. The minimum atomic E-state index is -3.53. The number of hydrogen-bond donors (Lipinski definition) is 1. The smallest absolute Gasteiger partial charge is 0.207 e. The number of nitrogens with one attached hydrogen (secondary N) is 1. The first-order chi connectivity index (χ1) is 9.79. The molecule has 0 spiro atoms. The first-order valence-corrected chi connectivity index (χ1v) is 8.47. The minimum absolute atomic E-state index is 0.242. The minimum Gasteiger partial charge on any atom is -0.207 e. The van der Waals surface area contributed by atoms with Crippen molar-refractivity contribution in [2.24, 2.45) is 0 Å². The molecule has 2 aromatic carbocycles. The summed E-state index contributed by atoms with van der Waals surface area (Å²) in [5.41, 5.74) is 3.44. The van der Waals surface area contributed by atoms with Gasteiger partial charge in [0.1, 0.15) is 0 Å². The highest BCUT2D eigenvalue weighted by atomic mass is 35.5. The summed E-state index contributed by atoms with van der Waals surface area (Å²) < 4.78 is 27.6. The van der Waals surface area contributed by atoms with Crippen LogP contribution in [0, 0.1) is 20.8 Å². The van der Waals surface area contributed by atoms with Crippen LogP contribution in [0.4, 0.5) is 0 Å². The van der Waals surface area contributed by atoms with Crippen LogP contribution < -0.4 is 4.72 Å². The van der Waals surface area contributed by atoms with Crippen molar-refractivity contribution in [3.63, 3.8) is 0 Å². The predicted molar refractivity (Wildman–Crippen MR) is 86.1 cm³/mol. The van der Waals surface area contributed by atoms with Crippen LogP contribution in [-0.4, -0.2) is 8.42 Å². The third kappa shape index (κ3) is 3.84. The van der Waals surface area contributed by atoms with Gasteiger partial charge < -0.3 is 0 Å². The summed E-state index contributed by atoms with van der Waals surface area (Å²) in [5, 5.41) is 0.631. The van der Waals surface area contributed by atoms with E-state index in [2.05, 4.69) is 4.72 Å². The van der Waals surface area contributed by atoms with Gasteiger partial charge in [-0.1, -0.05) is 41.4 Å². The van der Waals surface area contributed by atoms with Crippen LogP contribution in [0.25, 0.3) is 0 Å². The van der Waals surface area contributed by atoms with Gasteiger partial charge in [-0.3, -0.25) is 0 Å². The van der Waals surface area contributed by atoms with E-state index < -0.39 is 10.0 Å². The van der Waals surface area contributed by atoms with Gasteiger partial charge in [0.2, 0.25) is 10.0 Å². The summed E-state index contributed by atoms with van der Waals surface area (Å²) in [7, 11) is -3.53. The van der Waals surface area contributed by atoms with E-state index in [1.807, 2.05) is 32.9 Å². The number of hydrogen-bond acceptors (Lipinski definition) is 2. The molecule has 0 aromatic heterocycles. The number of sulfonamides is 1. The molecule has 2 aromatic rings. The summed E-state index contributed by atoms with van der Waals surface area (Å²) in [5.74, 6) is 0. The molecule has 1 N–H and O–H groups in total. The molecule has 21 heavy (non-hydrogen) atoms. The maximum absolute atomic E-state index is 12.5. The van der Waals surface area contributed by atoms with Crippen LogP contribution in [0.3, 0.4) is 0 Å². The molecule has 0 aliphatic heterocycles. The van der Waals surface area contributed by atoms with Crippen molar-refractivity contribution in [1.82, 2.24) is 4.72 Å². The fraction of sp³-hybridized carbons (Fsp3) is 0.250. The monoisotopic (exact) mass is 323 g/mol. The van der Waals surface area contributed by atoms with Gasteiger partial charge in [0.25, 0.3) is 0 Å². The average molecular weight is 324 g/mol. The second-order valence-corrected chi connectivity index (χ2v) is 7.32. The Morgan fingerprint density at radius 3 is 2.05 bits per heavy atom. The molecule has 0 fully saturated rings. The van der Waals surface area contributed by atoms with E-state index in [1.54, 1.807) is 24.3 Å². The quantitative estimate of drug-likeness (QED) is 0.931. The highest BCUT2D eigenvalue weighted by Crippen LogP contribution is 2.22. The molecule has 0 atom stereocenters. The second-order valence-electron chi connectivity index (χ2n) is 5.18.